The number of carbonyl (C=O) groups excluding carboxylic acids is 1. The largest absolute Gasteiger partial charge is 0.393 e. The number of benzene rings is 1. The average Bonchev–Trinajstić information content (AvgIpc) is 3.62. The molecule has 0 spiro atoms. The lowest BCUT2D eigenvalue weighted by Gasteiger charge is -2.19. The van der Waals surface area contributed by atoms with Gasteiger partial charge >= 0.3 is 0 Å². The normalized spacial score (nSPS) is 25.3. The van der Waals surface area contributed by atoms with Gasteiger partial charge in [-0.05, 0) is 30.5 Å². The Balaban J connectivity index is 1.53. The molecule has 208 valence electrons. The van der Waals surface area contributed by atoms with Gasteiger partial charge in [0.2, 0.25) is 0 Å². The summed E-state index contributed by atoms with van der Waals surface area (Å²) < 4.78 is 45.7. The summed E-state index contributed by atoms with van der Waals surface area (Å²) in [6.07, 6.45) is -2.46. The molecule has 0 amide bonds. The highest BCUT2D eigenvalue weighted by Gasteiger charge is 2.43. The van der Waals surface area contributed by atoms with Gasteiger partial charge in [-0.15, -0.1) is 0 Å². The molecule has 10 nitrogen and oxygen atoms in total. The Labute approximate surface area is 221 Å². The van der Waals surface area contributed by atoms with E-state index in [0.717, 1.165) is 18.2 Å². The number of thioether (sulfide) groups is 1. The molecule has 14 heteroatoms. The van der Waals surface area contributed by atoms with Crippen LogP contribution in [0.15, 0.2) is 23.4 Å². The van der Waals surface area contributed by atoms with Crippen LogP contribution in [0.25, 0.3) is 0 Å². The van der Waals surface area contributed by atoms with Crippen molar-refractivity contribution in [2.24, 2.45) is 5.84 Å². The number of aromatic nitrogens is 2. The highest BCUT2D eigenvalue weighted by molar-refractivity contribution is 7.99. The van der Waals surface area contributed by atoms with Crippen molar-refractivity contribution in [2.45, 2.75) is 67.7 Å². The van der Waals surface area contributed by atoms with Crippen LogP contribution in [-0.4, -0.2) is 75.4 Å². The molecule has 7 N–H and O–H groups in total. The maximum atomic E-state index is 13.7. The number of anilines is 3. The lowest BCUT2D eigenvalue weighted by atomic mass is 10.1. The van der Waals surface area contributed by atoms with Gasteiger partial charge in [-0.2, -0.15) is 0 Å². The van der Waals surface area contributed by atoms with E-state index in [1.807, 2.05) is 6.92 Å². The summed E-state index contributed by atoms with van der Waals surface area (Å²) in [4.78, 5) is 21.8. The third-order valence-corrected chi connectivity index (χ3v) is 7.46. The number of Topliss-reactive ketones (excluding diaryl/α,β-unsaturated/α-hetero) is 1. The lowest BCUT2D eigenvalue weighted by molar-refractivity contribution is -0.129. The molecule has 0 saturated heterocycles. The highest BCUT2D eigenvalue weighted by atomic mass is 32.2. The third-order valence-electron chi connectivity index (χ3n) is 6.41. The number of hydrogen-bond acceptors (Lipinski definition) is 11. The zero-order valence-corrected chi connectivity index (χ0v) is 21.5. The molecule has 1 heterocycles. The average molecular weight is 557 g/mol. The van der Waals surface area contributed by atoms with Gasteiger partial charge in [-0.1, -0.05) is 24.8 Å². The number of nitrogens with one attached hydrogen (secondary N) is 3. The Kier molecular flexibility index (Phi) is 9.31. The topological polar surface area (TPSA) is 155 Å². The minimum Gasteiger partial charge on any atom is -0.393 e. The maximum Gasteiger partial charge on any atom is 0.191 e. The minimum atomic E-state index is -1.62. The zero-order valence-electron chi connectivity index (χ0n) is 20.7. The zero-order chi connectivity index (χ0) is 27.4. The van der Waals surface area contributed by atoms with Gasteiger partial charge in [-0.25, -0.2) is 23.1 Å². The van der Waals surface area contributed by atoms with E-state index in [4.69, 9.17) is 15.7 Å². The molecule has 6 unspecified atom stereocenters. The second kappa shape index (κ2) is 12.5. The van der Waals surface area contributed by atoms with E-state index in [0.29, 0.717) is 23.0 Å². The van der Waals surface area contributed by atoms with Gasteiger partial charge < -0.3 is 31.0 Å². The third kappa shape index (κ3) is 6.49. The van der Waals surface area contributed by atoms with Gasteiger partial charge in [-0.3, -0.25) is 10.6 Å². The highest BCUT2D eigenvalue weighted by Crippen LogP contribution is 2.44. The Morgan fingerprint density at radius 3 is 2.61 bits per heavy atom. The van der Waals surface area contributed by atoms with Crippen LogP contribution in [0.2, 0.25) is 0 Å². The number of ketones is 1. The molecule has 38 heavy (non-hydrogen) atoms. The van der Waals surface area contributed by atoms with Crippen LogP contribution < -0.4 is 21.9 Å². The van der Waals surface area contributed by atoms with Crippen molar-refractivity contribution in [2.75, 3.05) is 35.0 Å². The van der Waals surface area contributed by atoms with Crippen molar-refractivity contribution in [1.29, 1.82) is 0 Å². The molecular weight excluding hydrogens is 525 g/mol. The van der Waals surface area contributed by atoms with Gasteiger partial charge in [0.15, 0.2) is 34.2 Å². The molecule has 1 aromatic heterocycles. The predicted molar refractivity (Wildman–Crippen MR) is 137 cm³/mol. The van der Waals surface area contributed by atoms with E-state index in [-0.39, 0.29) is 29.9 Å². The van der Waals surface area contributed by atoms with Gasteiger partial charge in [0.05, 0.1) is 25.4 Å². The Morgan fingerprint density at radius 1 is 1.21 bits per heavy atom. The first-order valence-electron chi connectivity index (χ1n) is 12.3. The van der Waals surface area contributed by atoms with Crippen LogP contribution in [0, 0.1) is 11.6 Å². The lowest BCUT2D eigenvalue weighted by Crippen LogP contribution is -2.33. The molecular formula is C24H31F3N6O4S. The number of ether oxygens (including phenoxy) is 1. The smallest absolute Gasteiger partial charge is 0.191 e. The van der Waals surface area contributed by atoms with E-state index in [1.165, 1.54) is 17.8 Å². The van der Waals surface area contributed by atoms with E-state index in [9.17, 15) is 23.1 Å². The standard InChI is InChI=1S/C24H31F3N6O4S/c1-2-5-38-24-31-22(29-16-7-13(16)11-3-4-14(26)15(27)6-11)19(33-28)23(32-24)30-17-8-18(21(36)20(17)35)37-10-12(25)9-34/h3-4,6,12-13,16-18,21,33-34,36H,2,5,7-10,28H2,1H3,(H2,29,30,31,32). The number of nitrogens with zero attached hydrogens (tertiary/aromatic N) is 2. The Bertz CT molecular complexity index is 1150. The van der Waals surface area contributed by atoms with Crippen molar-refractivity contribution >= 4 is 34.9 Å². The SMILES string of the molecule is CCCSc1nc(NC2CC(OCC(F)CO)C(O)C2=O)c(NN)c(NC2CC2c2ccc(F)c(F)c2)n1. The molecule has 0 aliphatic heterocycles. The van der Waals surface area contributed by atoms with Crippen LogP contribution in [0.1, 0.15) is 37.7 Å². The first-order chi connectivity index (χ1) is 18.2. The van der Waals surface area contributed by atoms with Crippen molar-refractivity contribution in [1.82, 2.24) is 9.97 Å². The summed E-state index contributed by atoms with van der Waals surface area (Å²) in [6.45, 7) is 0.833. The molecule has 2 saturated carbocycles. The minimum absolute atomic E-state index is 0.0488. The number of hydrazine groups is 1. The molecule has 2 aliphatic carbocycles. The fourth-order valence-corrected chi connectivity index (χ4v) is 4.99. The number of hydrogen-bond donors (Lipinski definition) is 6. The van der Waals surface area contributed by atoms with Crippen LogP contribution >= 0.6 is 11.8 Å². The summed E-state index contributed by atoms with van der Waals surface area (Å²) in [5.41, 5.74) is 3.49. The molecule has 2 fully saturated rings. The monoisotopic (exact) mass is 556 g/mol. The van der Waals surface area contributed by atoms with E-state index >= 15 is 0 Å². The molecule has 0 bridgehead atoms. The van der Waals surface area contributed by atoms with Crippen LogP contribution in [0.3, 0.4) is 0 Å². The molecule has 4 rings (SSSR count). The molecule has 2 aliphatic rings. The van der Waals surface area contributed by atoms with Crippen molar-refractivity contribution in [3.63, 3.8) is 0 Å². The Hall–Kier alpha value is -2.65. The van der Waals surface area contributed by atoms with Gasteiger partial charge in [0.1, 0.15) is 18.0 Å². The van der Waals surface area contributed by atoms with Crippen LogP contribution in [0.5, 0.6) is 0 Å². The fourth-order valence-electron chi connectivity index (χ4n) is 4.29. The predicted octanol–water partition coefficient (Wildman–Crippen LogP) is 2.34. The van der Waals surface area contributed by atoms with Crippen LogP contribution in [-0.2, 0) is 9.53 Å². The number of alkyl halides is 1. The molecule has 2 aromatic rings. The summed E-state index contributed by atoms with van der Waals surface area (Å²) in [5, 5.41) is 25.9. The maximum absolute atomic E-state index is 13.7. The van der Waals surface area contributed by atoms with Crippen LogP contribution in [0.4, 0.5) is 30.5 Å². The van der Waals surface area contributed by atoms with Crippen molar-refractivity contribution in [3.05, 3.63) is 35.4 Å². The van der Waals surface area contributed by atoms with E-state index < -0.39 is 55.1 Å². The number of carbonyl (C=O) groups is 1. The number of rotatable bonds is 13. The van der Waals surface area contributed by atoms with E-state index in [1.54, 1.807) is 6.07 Å². The van der Waals surface area contributed by atoms with Crippen molar-refractivity contribution < 1.29 is 32.9 Å². The summed E-state index contributed by atoms with van der Waals surface area (Å²) >= 11 is 1.40. The number of halogens is 3. The quantitative estimate of drug-likeness (QED) is 0.0932. The Morgan fingerprint density at radius 2 is 1.95 bits per heavy atom. The summed E-state index contributed by atoms with van der Waals surface area (Å²) in [7, 11) is 0. The van der Waals surface area contributed by atoms with Crippen molar-refractivity contribution in [3.8, 4) is 0 Å². The van der Waals surface area contributed by atoms with Gasteiger partial charge in [0, 0.05) is 24.1 Å². The number of nitrogen functional groups attached to an aromatic ring is 1. The van der Waals surface area contributed by atoms with E-state index in [2.05, 4.69) is 26.0 Å². The number of aliphatic hydroxyl groups excluding tert-OH is 2. The second-order valence-electron chi connectivity index (χ2n) is 9.27. The molecule has 1 aromatic carbocycles. The summed E-state index contributed by atoms with van der Waals surface area (Å²) in [6, 6.07) is 2.81. The number of aliphatic hydroxyl groups is 2. The van der Waals surface area contributed by atoms with Gasteiger partial charge in [0.25, 0.3) is 0 Å². The number of nitrogens with two attached hydrogens (primary N) is 1. The second-order valence-corrected chi connectivity index (χ2v) is 10.3. The summed E-state index contributed by atoms with van der Waals surface area (Å²) in [5.74, 6) is 4.70. The first-order valence-corrected chi connectivity index (χ1v) is 13.3. The molecule has 6 atom stereocenters. The first kappa shape index (κ1) is 28.4. The fraction of sp³-hybridized carbons (Fsp3) is 0.542. The molecule has 0 radical (unpaired) electrons.